The molecular weight excluding hydrogens is 464 g/mol. The van der Waals surface area contributed by atoms with E-state index in [9.17, 15) is 13.2 Å². The Kier molecular flexibility index (Phi) is 6.24. The number of sulfonamides is 1. The zero-order valence-corrected chi connectivity index (χ0v) is 19.9. The molecule has 0 bridgehead atoms. The molecule has 0 unspecified atom stereocenters. The van der Waals surface area contributed by atoms with Crippen LogP contribution >= 0.6 is 22.9 Å². The van der Waals surface area contributed by atoms with Gasteiger partial charge in [0.15, 0.2) is 0 Å². The normalized spacial score (nSPS) is 11.5. The molecule has 0 saturated carbocycles. The molecule has 5 nitrogen and oxygen atoms in total. The van der Waals surface area contributed by atoms with Crippen LogP contribution in [0, 0.1) is 6.92 Å². The molecule has 0 spiro atoms. The van der Waals surface area contributed by atoms with Crippen molar-refractivity contribution >= 4 is 60.3 Å². The smallest absolute Gasteiger partial charge is 0.265 e. The minimum atomic E-state index is -3.53. The number of carbonyl (C=O) groups is 1. The maximum atomic E-state index is 12.8. The van der Waals surface area contributed by atoms with Gasteiger partial charge in [-0.15, -0.1) is 11.3 Å². The molecule has 0 saturated heterocycles. The van der Waals surface area contributed by atoms with Crippen LogP contribution in [0.25, 0.3) is 10.1 Å². The molecule has 1 aromatic heterocycles. The lowest BCUT2D eigenvalue weighted by molar-refractivity contribution is 0.103. The van der Waals surface area contributed by atoms with Gasteiger partial charge in [0.25, 0.3) is 5.91 Å². The Balaban J connectivity index is 1.64. The van der Waals surface area contributed by atoms with Crippen LogP contribution in [0.5, 0.6) is 0 Å². The quantitative estimate of drug-likeness (QED) is 0.360. The number of hydrogen-bond donors (Lipinski definition) is 1. The monoisotopic (exact) mass is 484 g/mol. The van der Waals surface area contributed by atoms with E-state index in [2.05, 4.69) is 5.32 Å². The van der Waals surface area contributed by atoms with Crippen molar-refractivity contribution in [1.29, 1.82) is 0 Å². The summed E-state index contributed by atoms with van der Waals surface area (Å²) in [6.07, 6.45) is 1.18. The molecule has 0 aliphatic heterocycles. The van der Waals surface area contributed by atoms with Gasteiger partial charge in [0.05, 0.1) is 23.4 Å². The molecule has 3 aromatic carbocycles. The number of para-hydroxylation sites is 1. The Morgan fingerprint density at radius 2 is 1.75 bits per heavy atom. The summed E-state index contributed by atoms with van der Waals surface area (Å²) in [5.41, 5.74) is 3.11. The molecule has 0 fully saturated rings. The molecule has 8 heteroatoms. The Labute approximate surface area is 196 Å². The summed E-state index contributed by atoms with van der Waals surface area (Å²) in [6, 6.07) is 21.9. The molecule has 1 N–H and O–H groups in total. The van der Waals surface area contributed by atoms with Crippen LogP contribution in [0.1, 0.15) is 20.8 Å². The predicted molar refractivity (Wildman–Crippen MR) is 133 cm³/mol. The van der Waals surface area contributed by atoms with Crippen molar-refractivity contribution in [2.75, 3.05) is 15.9 Å². The third kappa shape index (κ3) is 4.96. The van der Waals surface area contributed by atoms with Crippen LogP contribution in [0.2, 0.25) is 5.02 Å². The second kappa shape index (κ2) is 8.94. The zero-order chi connectivity index (χ0) is 22.9. The summed E-state index contributed by atoms with van der Waals surface area (Å²) in [5.74, 6) is -0.191. The molecule has 0 atom stereocenters. The van der Waals surface area contributed by atoms with Crippen molar-refractivity contribution in [3.05, 3.63) is 93.8 Å². The van der Waals surface area contributed by atoms with E-state index < -0.39 is 10.0 Å². The molecule has 0 aliphatic carbocycles. The first-order chi connectivity index (χ1) is 15.2. The lowest BCUT2D eigenvalue weighted by atomic mass is 10.2. The van der Waals surface area contributed by atoms with Gasteiger partial charge in [-0.1, -0.05) is 41.9 Å². The number of anilines is 2. The highest BCUT2D eigenvalue weighted by Gasteiger charge is 2.19. The van der Waals surface area contributed by atoms with Crippen molar-refractivity contribution < 1.29 is 13.2 Å². The Hall–Kier alpha value is -2.87. The van der Waals surface area contributed by atoms with Crippen LogP contribution < -0.4 is 9.62 Å². The number of thiophene rings is 1. The van der Waals surface area contributed by atoms with Crippen LogP contribution in [-0.4, -0.2) is 20.6 Å². The molecule has 4 aromatic rings. The van der Waals surface area contributed by atoms with Gasteiger partial charge in [-0.05, 0) is 65.9 Å². The van der Waals surface area contributed by atoms with Crippen molar-refractivity contribution in [2.45, 2.75) is 13.5 Å². The molecule has 1 heterocycles. The number of nitrogens with zero attached hydrogens (tertiary/aromatic N) is 1. The Morgan fingerprint density at radius 1 is 1.03 bits per heavy atom. The number of carbonyl (C=O) groups excluding carboxylic acids is 1. The molecule has 0 radical (unpaired) electrons. The van der Waals surface area contributed by atoms with Gasteiger partial charge in [-0.3, -0.25) is 9.10 Å². The highest BCUT2D eigenvalue weighted by atomic mass is 35.5. The summed E-state index contributed by atoms with van der Waals surface area (Å²) >= 11 is 7.31. The fourth-order valence-electron chi connectivity index (χ4n) is 3.35. The number of rotatable bonds is 6. The number of fused-ring (bicyclic) bond motifs is 1. The summed E-state index contributed by atoms with van der Waals surface area (Å²) in [6.45, 7) is 2.12. The van der Waals surface area contributed by atoms with E-state index in [-0.39, 0.29) is 12.5 Å². The highest BCUT2D eigenvalue weighted by Crippen LogP contribution is 2.32. The van der Waals surface area contributed by atoms with E-state index in [1.54, 1.807) is 42.5 Å². The van der Waals surface area contributed by atoms with Gasteiger partial charge in [-0.2, -0.15) is 0 Å². The number of nitrogens with one attached hydrogen (secondary N) is 1. The largest absolute Gasteiger partial charge is 0.321 e. The van der Waals surface area contributed by atoms with Crippen LogP contribution in [0.4, 0.5) is 11.4 Å². The van der Waals surface area contributed by atoms with Crippen LogP contribution in [0.3, 0.4) is 0 Å². The molecule has 32 heavy (non-hydrogen) atoms. The number of hydrogen-bond acceptors (Lipinski definition) is 4. The van der Waals surface area contributed by atoms with Gasteiger partial charge in [-0.25, -0.2) is 8.42 Å². The lowest BCUT2D eigenvalue weighted by Crippen LogP contribution is -2.29. The maximum absolute atomic E-state index is 12.8. The SMILES string of the molecule is Cc1ccccc1NC(=O)c1cc2cc(N(Cc3ccc(Cl)cc3)S(C)(=O)=O)ccc2s1. The Morgan fingerprint density at radius 3 is 2.44 bits per heavy atom. The van der Waals surface area contributed by atoms with Crippen molar-refractivity contribution in [3.8, 4) is 0 Å². The number of aryl methyl sites for hydroxylation is 1. The molecule has 0 aliphatic rings. The van der Waals surface area contributed by atoms with Gasteiger partial charge >= 0.3 is 0 Å². The fourth-order valence-corrected chi connectivity index (χ4v) is 5.29. The standard InChI is InChI=1S/C24H21ClN2O3S2/c1-16-5-3-4-6-21(16)26-24(28)23-14-18-13-20(11-12-22(18)31-23)27(32(2,29)30)15-17-7-9-19(25)10-8-17/h3-14H,15H2,1-2H3,(H,26,28). The number of halogens is 1. The van der Waals surface area contributed by atoms with Crippen LogP contribution in [0.15, 0.2) is 72.8 Å². The first kappa shape index (κ1) is 22.3. The third-order valence-corrected chi connectivity index (χ3v) is 7.55. The van der Waals surface area contributed by atoms with Crippen molar-refractivity contribution in [3.63, 3.8) is 0 Å². The fraction of sp³-hybridized carbons (Fsp3) is 0.125. The average Bonchev–Trinajstić information content (AvgIpc) is 3.17. The first-order valence-electron chi connectivity index (χ1n) is 9.83. The molecular formula is C24H21ClN2O3S2. The minimum Gasteiger partial charge on any atom is -0.321 e. The van der Waals surface area contributed by atoms with E-state index in [4.69, 9.17) is 11.6 Å². The van der Waals surface area contributed by atoms with E-state index in [0.29, 0.717) is 15.6 Å². The molecule has 4 rings (SSSR count). The maximum Gasteiger partial charge on any atom is 0.265 e. The summed E-state index contributed by atoms with van der Waals surface area (Å²) in [5, 5.41) is 4.35. The second-order valence-corrected chi connectivity index (χ2v) is 10.9. The van der Waals surface area contributed by atoms with Crippen molar-refractivity contribution in [2.24, 2.45) is 0 Å². The lowest BCUT2D eigenvalue weighted by Gasteiger charge is -2.22. The second-order valence-electron chi connectivity index (χ2n) is 7.50. The Bertz CT molecular complexity index is 1400. The van der Waals surface area contributed by atoms with E-state index in [1.807, 2.05) is 37.3 Å². The zero-order valence-electron chi connectivity index (χ0n) is 17.5. The number of benzene rings is 3. The van der Waals surface area contributed by atoms with Crippen molar-refractivity contribution in [1.82, 2.24) is 0 Å². The summed E-state index contributed by atoms with van der Waals surface area (Å²) in [7, 11) is -3.53. The van der Waals surface area contributed by atoms with E-state index >= 15 is 0 Å². The summed E-state index contributed by atoms with van der Waals surface area (Å²) in [4.78, 5) is 13.3. The number of amides is 1. The van der Waals surface area contributed by atoms with Gasteiger partial charge in [0.2, 0.25) is 10.0 Å². The summed E-state index contributed by atoms with van der Waals surface area (Å²) < 4.78 is 27.3. The van der Waals surface area contributed by atoms with E-state index in [1.165, 1.54) is 21.9 Å². The molecule has 164 valence electrons. The topological polar surface area (TPSA) is 66.5 Å². The van der Waals surface area contributed by atoms with Gasteiger partial charge < -0.3 is 5.32 Å². The van der Waals surface area contributed by atoms with Crippen LogP contribution in [-0.2, 0) is 16.6 Å². The van der Waals surface area contributed by atoms with Gasteiger partial charge in [0.1, 0.15) is 0 Å². The molecule has 1 amide bonds. The first-order valence-corrected chi connectivity index (χ1v) is 12.9. The predicted octanol–water partition coefficient (Wildman–Crippen LogP) is 6.08. The average molecular weight is 485 g/mol. The highest BCUT2D eigenvalue weighted by molar-refractivity contribution is 7.92. The minimum absolute atomic E-state index is 0.187. The third-order valence-electron chi connectivity index (χ3n) is 5.04. The van der Waals surface area contributed by atoms with E-state index in [0.717, 1.165) is 26.9 Å². The van der Waals surface area contributed by atoms with Gasteiger partial charge in [0, 0.05) is 15.4 Å².